The van der Waals surface area contributed by atoms with Crippen LogP contribution in [0, 0.1) is 0 Å². The van der Waals surface area contributed by atoms with Gasteiger partial charge in [-0.2, -0.15) is 0 Å². The molecular weight excluding hydrogens is 441 g/mol. The van der Waals surface area contributed by atoms with E-state index in [2.05, 4.69) is 31.9 Å². The third-order valence-electron chi connectivity index (χ3n) is 2.63. The molecule has 110 valence electrons. The SMILES string of the molecule is COc1cc(Br)c(Oc2ccc(Cl)cc2C(N)=S)cc1Br. The molecule has 2 aromatic rings. The number of methoxy groups -OCH3 is 1. The van der Waals surface area contributed by atoms with E-state index in [-0.39, 0.29) is 4.99 Å². The van der Waals surface area contributed by atoms with Gasteiger partial charge in [-0.05, 0) is 62.2 Å². The zero-order valence-corrected chi connectivity index (χ0v) is 15.6. The van der Waals surface area contributed by atoms with Gasteiger partial charge >= 0.3 is 0 Å². The zero-order chi connectivity index (χ0) is 15.6. The molecule has 0 heterocycles. The molecule has 21 heavy (non-hydrogen) atoms. The minimum Gasteiger partial charge on any atom is -0.496 e. The molecule has 0 spiro atoms. The molecule has 0 unspecified atom stereocenters. The monoisotopic (exact) mass is 449 g/mol. The summed E-state index contributed by atoms with van der Waals surface area (Å²) in [6, 6.07) is 8.70. The second kappa shape index (κ2) is 6.96. The van der Waals surface area contributed by atoms with Crippen LogP contribution in [-0.4, -0.2) is 12.1 Å². The third-order valence-corrected chi connectivity index (χ3v) is 4.33. The predicted octanol–water partition coefficient (Wildman–Crippen LogP) is 5.30. The average Bonchev–Trinajstić information content (AvgIpc) is 2.44. The van der Waals surface area contributed by atoms with E-state index in [9.17, 15) is 0 Å². The molecule has 2 aromatic carbocycles. The lowest BCUT2D eigenvalue weighted by atomic mass is 10.2. The van der Waals surface area contributed by atoms with E-state index in [1.165, 1.54) is 0 Å². The van der Waals surface area contributed by atoms with Crippen molar-refractivity contribution in [1.82, 2.24) is 0 Å². The van der Waals surface area contributed by atoms with Gasteiger partial charge in [-0.25, -0.2) is 0 Å². The van der Waals surface area contributed by atoms with Crippen LogP contribution in [0.2, 0.25) is 5.02 Å². The predicted molar refractivity (Wildman–Crippen MR) is 95.8 cm³/mol. The molecule has 0 amide bonds. The van der Waals surface area contributed by atoms with Crippen molar-refractivity contribution in [3.8, 4) is 17.2 Å². The number of thiocarbonyl (C=S) groups is 1. The molecule has 2 N–H and O–H groups in total. The first-order valence-corrected chi connectivity index (χ1v) is 8.10. The Morgan fingerprint density at radius 3 is 2.33 bits per heavy atom. The molecule has 0 radical (unpaired) electrons. The number of halogens is 3. The number of nitrogens with two attached hydrogens (primary N) is 1. The van der Waals surface area contributed by atoms with E-state index in [4.69, 9.17) is 39.0 Å². The second-order valence-corrected chi connectivity index (χ2v) is 6.61. The molecule has 0 aromatic heterocycles. The number of hydrogen-bond acceptors (Lipinski definition) is 3. The molecule has 0 atom stereocenters. The summed E-state index contributed by atoms with van der Waals surface area (Å²) < 4.78 is 12.6. The summed E-state index contributed by atoms with van der Waals surface area (Å²) in [4.78, 5) is 0.219. The van der Waals surface area contributed by atoms with E-state index >= 15 is 0 Å². The topological polar surface area (TPSA) is 44.5 Å². The third kappa shape index (κ3) is 3.88. The van der Waals surface area contributed by atoms with Crippen LogP contribution in [0.15, 0.2) is 39.3 Å². The minimum absolute atomic E-state index is 0.219. The quantitative estimate of drug-likeness (QED) is 0.641. The Balaban J connectivity index is 2.43. The first kappa shape index (κ1) is 16.5. The maximum absolute atomic E-state index is 5.96. The van der Waals surface area contributed by atoms with Gasteiger partial charge in [-0.3, -0.25) is 0 Å². The van der Waals surface area contributed by atoms with E-state index in [1.807, 2.05) is 0 Å². The van der Waals surface area contributed by atoms with Crippen molar-refractivity contribution >= 4 is 60.7 Å². The lowest BCUT2D eigenvalue weighted by molar-refractivity contribution is 0.409. The highest BCUT2D eigenvalue weighted by atomic mass is 79.9. The largest absolute Gasteiger partial charge is 0.496 e. The van der Waals surface area contributed by atoms with Crippen LogP contribution < -0.4 is 15.2 Å². The summed E-state index contributed by atoms with van der Waals surface area (Å²) in [5.41, 5.74) is 6.28. The first-order chi connectivity index (χ1) is 9.92. The Kier molecular flexibility index (Phi) is 5.48. The van der Waals surface area contributed by atoms with Crippen LogP contribution in [0.3, 0.4) is 0 Å². The zero-order valence-electron chi connectivity index (χ0n) is 10.8. The summed E-state index contributed by atoms with van der Waals surface area (Å²) in [7, 11) is 1.59. The molecule has 0 saturated carbocycles. The van der Waals surface area contributed by atoms with Gasteiger partial charge in [-0.15, -0.1) is 0 Å². The maximum Gasteiger partial charge on any atom is 0.143 e. The summed E-state index contributed by atoms with van der Waals surface area (Å²) in [5.74, 6) is 1.83. The van der Waals surface area contributed by atoms with Crippen LogP contribution in [0.25, 0.3) is 0 Å². The molecule has 2 rings (SSSR count). The van der Waals surface area contributed by atoms with Gasteiger partial charge in [0.05, 0.1) is 21.6 Å². The van der Waals surface area contributed by atoms with Crippen LogP contribution in [-0.2, 0) is 0 Å². The average molecular weight is 452 g/mol. The van der Waals surface area contributed by atoms with Gasteiger partial charge in [0.2, 0.25) is 0 Å². The molecule has 0 fully saturated rings. The lowest BCUT2D eigenvalue weighted by Gasteiger charge is -2.13. The summed E-state index contributed by atoms with van der Waals surface area (Å²) >= 11 is 17.8. The van der Waals surface area contributed by atoms with Gasteiger partial charge in [-0.1, -0.05) is 23.8 Å². The van der Waals surface area contributed by atoms with Crippen molar-refractivity contribution in [1.29, 1.82) is 0 Å². The number of benzene rings is 2. The first-order valence-electron chi connectivity index (χ1n) is 5.72. The standard InChI is InChI=1S/C14H10Br2ClNO2S/c1-19-12-5-10(16)13(6-9(12)15)20-11-3-2-7(17)4-8(11)14(18)21/h2-6H,1H3,(H2,18,21). The fourth-order valence-electron chi connectivity index (χ4n) is 1.65. The summed E-state index contributed by atoms with van der Waals surface area (Å²) in [5, 5.41) is 0.542. The van der Waals surface area contributed by atoms with Gasteiger partial charge < -0.3 is 15.2 Å². The Morgan fingerprint density at radius 1 is 1.10 bits per heavy atom. The van der Waals surface area contributed by atoms with Crippen molar-refractivity contribution in [2.75, 3.05) is 7.11 Å². The second-order valence-electron chi connectivity index (χ2n) is 4.02. The summed E-state index contributed by atoms with van der Waals surface area (Å²) in [6.07, 6.45) is 0. The molecule has 7 heteroatoms. The Morgan fingerprint density at radius 2 is 1.71 bits per heavy atom. The molecule has 0 aliphatic rings. The number of ether oxygens (including phenoxy) is 2. The summed E-state index contributed by atoms with van der Waals surface area (Å²) in [6.45, 7) is 0. The van der Waals surface area contributed by atoms with Crippen molar-refractivity contribution in [2.24, 2.45) is 5.73 Å². The molecule has 0 bridgehead atoms. The normalized spacial score (nSPS) is 10.3. The fourth-order valence-corrected chi connectivity index (χ4v) is 2.87. The highest BCUT2D eigenvalue weighted by Gasteiger charge is 2.13. The Labute approximate surface area is 149 Å². The molecule has 3 nitrogen and oxygen atoms in total. The van der Waals surface area contributed by atoms with Crippen LogP contribution in [0.4, 0.5) is 0 Å². The van der Waals surface area contributed by atoms with Crippen molar-refractivity contribution in [2.45, 2.75) is 0 Å². The van der Waals surface area contributed by atoms with Crippen molar-refractivity contribution < 1.29 is 9.47 Å². The van der Waals surface area contributed by atoms with Crippen LogP contribution >= 0.6 is 55.7 Å². The highest BCUT2D eigenvalue weighted by Crippen LogP contribution is 2.39. The van der Waals surface area contributed by atoms with E-state index in [0.717, 1.165) is 8.95 Å². The number of hydrogen-bond donors (Lipinski definition) is 1. The minimum atomic E-state index is 0.219. The smallest absolute Gasteiger partial charge is 0.143 e. The van der Waals surface area contributed by atoms with Gasteiger partial charge in [0.25, 0.3) is 0 Å². The lowest BCUT2D eigenvalue weighted by Crippen LogP contribution is -2.10. The molecule has 0 aliphatic heterocycles. The fraction of sp³-hybridized carbons (Fsp3) is 0.0714. The van der Waals surface area contributed by atoms with Crippen molar-refractivity contribution in [3.63, 3.8) is 0 Å². The van der Waals surface area contributed by atoms with Crippen LogP contribution in [0.5, 0.6) is 17.2 Å². The number of rotatable bonds is 4. The van der Waals surface area contributed by atoms with Gasteiger partial charge in [0.1, 0.15) is 22.2 Å². The van der Waals surface area contributed by atoms with E-state index < -0.39 is 0 Å². The highest BCUT2D eigenvalue weighted by molar-refractivity contribution is 9.11. The van der Waals surface area contributed by atoms with E-state index in [0.29, 0.717) is 27.8 Å². The van der Waals surface area contributed by atoms with E-state index in [1.54, 1.807) is 37.4 Å². The molecule has 0 saturated heterocycles. The Hall–Kier alpha value is -0.820. The Bertz CT molecular complexity index is 710. The molecular formula is C14H10Br2ClNO2S. The van der Waals surface area contributed by atoms with Crippen LogP contribution in [0.1, 0.15) is 5.56 Å². The van der Waals surface area contributed by atoms with Gasteiger partial charge in [0, 0.05) is 5.02 Å². The maximum atomic E-state index is 5.96. The van der Waals surface area contributed by atoms with Gasteiger partial charge in [0.15, 0.2) is 0 Å². The molecule has 0 aliphatic carbocycles. The van der Waals surface area contributed by atoms with Crippen molar-refractivity contribution in [3.05, 3.63) is 49.9 Å².